The minimum Gasteiger partial charge on any atom is -0.445 e. The maximum absolute atomic E-state index is 12.4. The first-order valence-corrected chi connectivity index (χ1v) is 12.9. The number of hydrogen-bond donors (Lipinski definition) is 2. The van der Waals surface area contributed by atoms with E-state index in [1.165, 1.54) is 0 Å². The fraction of sp³-hybridized carbons (Fsp3) is 0.423. The molecule has 0 saturated carbocycles. The highest BCUT2D eigenvalue weighted by atomic mass is 32.1. The molecule has 0 radical (unpaired) electrons. The van der Waals surface area contributed by atoms with Gasteiger partial charge in [-0.3, -0.25) is 9.78 Å². The highest BCUT2D eigenvalue weighted by molar-refractivity contribution is 7.17. The van der Waals surface area contributed by atoms with Gasteiger partial charge in [-0.2, -0.15) is 0 Å². The summed E-state index contributed by atoms with van der Waals surface area (Å²) in [6.45, 7) is 4.53. The second-order valence-corrected chi connectivity index (χ2v) is 9.60. The maximum Gasteiger partial charge on any atom is 0.410 e. The van der Waals surface area contributed by atoms with E-state index in [1.807, 2.05) is 41.8 Å². The van der Waals surface area contributed by atoms with Gasteiger partial charge in [0.2, 0.25) is 5.91 Å². The number of pyridine rings is 1. The van der Waals surface area contributed by atoms with E-state index < -0.39 is 0 Å². The number of carbonyl (C=O) groups excluding carboxylic acids is 2. The Labute approximate surface area is 204 Å². The summed E-state index contributed by atoms with van der Waals surface area (Å²) in [5.41, 5.74) is 3.59. The molecular weight excluding hydrogens is 448 g/mol. The number of nitrogens with zero attached hydrogens (tertiary/aromatic N) is 2. The van der Waals surface area contributed by atoms with E-state index >= 15 is 0 Å². The average molecular weight is 481 g/mol. The molecule has 1 aliphatic heterocycles. The van der Waals surface area contributed by atoms with Crippen LogP contribution in [0.3, 0.4) is 0 Å². The largest absolute Gasteiger partial charge is 0.445 e. The lowest BCUT2D eigenvalue weighted by molar-refractivity contribution is -0.116. The van der Waals surface area contributed by atoms with Crippen LogP contribution in [0.1, 0.15) is 44.6 Å². The molecule has 34 heavy (non-hydrogen) atoms. The quantitative estimate of drug-likeness (QED) is 0.399. The summed E-state index contributed by atoms with van der Waals surface area (Å²) in [4.78, 5) is 31.1. The summed E-state index contributed by atoms with van der Waals surface area (Å²) in [6.07, 6.45) is 5.68. The molecule has 1 fully saturated rings. The second kappa shape index (κ2) is 11.8. The number of rotatable bonds is 9. The van der Waals surface area contributed by atoms with Gasteiger partial charge in [-0.25, -0.2) is 4.79 Å². The number of ether oxygens (including phenoxy) is 1. The summed E-state index contributed by atoms with van der Waals surface area (Å²) in [5, 5.41) is 8.64. The third-order valence-electron chi connectivity index (χ3n) is 6.15. The molecule has 3 aromatic rings. The van der Waals surface area contributed by atoms with Crippen LogP contribution in [-0.4, -0.2) is 41.5 Å². The third kappa shape index (κ3) is 6.26. The van der Waals surface area contributed by atoms with E-state index in [2.05, 4.69) is 22.5 Å². The van der Waals surface area contributed by atoms with Crippen LogP contribution in [0.15, 0.2) is 48.0 Å². The van der Waals surface area contributed by atoms with Crippen molar-refractivity contribution in [3.8, 4) is 0 Å². The van der Waals surface area contributed by atoms with Gasteiger partial charge in [-0.15, -0.1) is 11.3 Å². The van der Waals surface area contributed by atoms with Gasteiger partial charge in [0.25, 0.3) is 0 Å². The van der Waals surface area contributed by atoms with E-state index in [-0.39, 0.29) is 12.0 Å². The van der Waals surface area contributed by atoms with Gasteiger partial charge in [0.1, 0.15) is 6.61 Å². The van der Waals surface area contributed by atoms with Crippen molar-refractivity contribution >= 4 is 44.9 Å². The predicted octanol–water partition coefficient (Wildman–Crippen LogP) is 5.89. The van der Waals surface area contributed by atoms with Crippen LogP contribution in [0, 0.1) is 5.92 Å². The van der Waals surface area contributed by atoms with Crippen molar-refractivity contribution in [3.63, 3.8) is 0 Å². The summed E-state index contributed by atoms with van der Waals surface area (Å²) in [6, 6.07) is 11.7. The van der Waals surface area contributed by atoms with Crippen molar-refractivity contribution in [2.24, 2.45) is 5.92 Å². The highest BCUT2D eigenvalue weighted by Crippen LogP contribution is 2.34. The Bertz CT molecular complexity index is 1090. The summed E-state index contributed by atoms with van der Waals surface area (Å²) < 4.78 is 6.53. The van der Waals surface area contributed by atoms with Crippen LogP contribution in [0.4, 0.5) is 16.2 Å². The number of anilines is 2. The van der Waals surface area contributed by atoms with Crippen LogP contribution in [0.25, 0.3) is 10.2 Å². The van der Waals surface area contributed by atoms with Crippen LogP contribution in [0.5, 0.6) is 0 Å². The molecule has 3 heterocycles. The molecule has 0 aliphatic carbocycles. The van der Waals surface area contributed by atoms with E-state index in [9.17, 15) is 9.59 Å². The SMILES string of the molecule is CCCCC(=O)Nc1cnc2ccsc2c1NCC1CCN(C(=O)OCc2ccccc2)CC1. The van der Waals surface area contributed by atoms with Crippen LogP contribution < -0.4 is 10.6 Å². The smallest absolute Gasteiger partial charge is 0.410 e. The molecule has 0 atom stereocenters. The van der Waals surface area contributed by atoms with Gasteiger partial charge in [-0.1, -0.05) is 43.7 Å². The van der Waals surface area contributed by atoms with Crippen molar-refractivity contribution in [1.82, 2.24) is 9.88 Å². The molecule has 7 nitrogen and oxygen atoms in total. The molecule has 1 saturated heterocycles. The van der Waals surface area contributed by atoms with Gasteiger partial charge in [0.15, 0.2) is 0 Å². The fourth-order valence-electron chi connectivity index (χ4n) is 4.11. The molecule has 4 rings (SSSR count). The number of hydrogen-bond acceptors (Lipinski definition) is 6. The number of amides is 2. The van der Waals surface area contributed by atoms with Crippen molar-refractivity contribution in [2.45, 2.75) is 45.6 Å². The second-order valence-electron chi connectivity index (χ2n) is 8.69. The standard InChI is InChI=1S/C26H32N4O3S/c1-2-3-9-23(31)29-22-17-27-21-12-15-34-25(21)24(22)28-16-19-10-13-30(14-11-19)26(32)33-18-20-7-5-4-6-8-20/h4-8,12,15,17,19H,2-3,9-11,13-14,16,18H2,1H3,(H,27,28)(H,29,31). The Balaban J connectivity index is 1.30. The van der Waals surface area contributed by atoms with Gasteiger partial charge in [0.05, 0.1) is 27.8 Å². The first-order valence-electron chi connectivity index (χ1n) is 12.0. The number of aromatic nitrogens is 1. The molecular formula is C26H32N4O3S. The molecule has 2 N–H and O–H groups in total. The number of likely N-dealkylation sites (tertiary alicyclic amines) is 1. The molecule has 8 heteroatoms. The number of piperidine rings is 1. The average Bonchev–Trinajstić information content (AvgIpc) is 3.35. The summed E-state index contributed by atoms with van der Waals surface area (Å²) in [5.74, 6) is 0.454. The predicted molar refractivity (Wildman–Crippen MR) is 137 cm³/mol. The lowest BCUT2D eigenvalue weighted by Crippen LogP contribution is -2.40. The number of carbonyl (C=O) groups is 2. The van der Waals surface area contributed by atoms with Gasteiger partial charge < -0.3 is 20.3 Å². The molecule has 2 amide bonds. The normalized spacial score (nSPS) is 14.2. The number of fused-ring (bicyclic) bond motifs is 1. The van der Waals surface area contributed by atoms with E-state index in [4.69, 9.17) is 4.74 Å². The Morgan fingerprint density at radius 3 is 2.74 bits per heavy atom. The lowest BCUT2D eigenvalue weighted by atomic mass is 9.97. The van der Waals surface area contributed by atoms with Crippen molar-refractivity contribution in [2.75, 3.05) is 30.3 Å². The Kier molecular flexibility index (Phi) is 8.36. The zero-order valence-electron chi connectivity index (χ0n) is 19.6. The topological polar surface area (TPSA) is 83.6 Å². The van der Waals surface area contributed by atoms with E-state index in [0.717, 1.165) is 59.4 Å². The Morgan fingerprint density at radius 2 is 1.97 bits per heavy atom. The fourth-order valence-corrected chi connectivity index (χ4v) is 4.98. The number of unbranched alkanes of at least 4 members (excludes halogenated alkanes) is 1. The third-order valence-corrected chi connectivity index (χ3v) is 7.07. The van der Waals surface area contributed by atoms with Crippen molar-refractivity contribution in [3.05, 3.63) is 53.5 Å². The van der Waals surface area contributed by atoms with Gasteiger partial charge in [-0.05, 0) is 42.2 Å². The Hall–Kier alpha value is -3.13. The molecule has 1 aromatic carbocycles. The zero-order valence-corrected chi connectivity index (χ0v) is 20.4. The van der Waals surface area contributed by atoms with Crippen LogP contribution in [0.2, 0.25) is 0 Å². The van der Waals surface area contributed by atoms with Crippen molar-refractivity contribution in [1.29, 1.82) is 0 Å². The number of thiophene rings is 1. The summed E-state index contributed by atoms with van der Waals surface area (Å²) >= 11 is 1.62. The number of benzene rings is 1. The first kappa shape index (κ1) is 24.0. The Morgan fingerprint density at radius 1 is 1.18 bits per heavy atom. The van der Waals surface area contributed by atoms with Crippen LogP contribution >= 0.6 is 11.3 Å². The molecule has 0 spiro atoms. The monoisotopic (exact) mass is 480 g/mol. The van der Waals surface area contributed by atoms with Gasteiger partial charge >= 0.3 is 6.09 Å². The lowest BCUT2D eigenvalue weighted by Gasteiger charge is -2.31. The van der Waals surface area contributed by atoms with E-state index in [0.29, 0.717) is 32.0 Å². The minimum absolute atomic E-state index is 0.0185. The molecule has 1 aliphatic rings. The van der Waals surface area contributed by atoms with Gasteiger partial charge in [0, 0.05) is 26.1 Å². The molecule has 0 bridgehead atoms. The molecule has 0 unspecified atom stereocenters. The zero-order chi connectivity index (χ0) is 23.8. The van der Waals surface area contributed by atoms with Crippen molar-refractivity contribution < 1.29 is 14.3 Å². The molecule has 2 aromatic heterocycles. The van der Waals surface area contributed by atoms with E-state index in [1.54, 1.807) is 22.4 Å². The molecule has 180 valence electrons. The highest BCUT2D eigenvalue weighted by Gasteiger charge is 2.24. The maximum atomic E-state index is 12.4. The van der Waals surface area contributed by atoms with Crippen LogP contribution in [-0.2, 0) is 16.1 Å². The summed E-state index contributed by atoms with van der Waals surface area (Å²) in [7, 11) is 0. The first-order chi connectivity index (χ1) is 16.6. The number of nitrogens with one attached hydrogen (secondary N) is 2. The minimum atomic E-state index is -0.248.